The maximum Gasteiger partial charge on any atom is 0.174 e. The summed E-state index contributed by atoms with van der Waals surface area (Å²) in [7, 11) is 0. The second-order valence-electron chi connectivity index (χ2n) is 3.67. The predicted octanol–water partition coefficient (Wildman–Crippen LogP) is 2.82. The molecule has 13 heavy (non-hydrogen) atoms. The molecule has 1 fully saturated rings. The molecule has 0 amide bonds. The van der Waals surface area contributed by atoms with Gasteiger partial charge < -0.3 is 0 Å². The van der Waals surface area contributed by atoms with Gasteiger partial charge in [-0.25, -0.2) is 4.98 Å². The summed E-state index contributed by atoms with van der Waals surface area (Å²) in [5.74, 6) is 0.949. The molecule has 0 atom stereocenters. The highest BCUT2D eigenvalue weighted by Crippen LogP contribution is 2.31. The molecule has 0 N–H and O–H groups in total. The third kappa shape index (κ3) is 1.97. The van der Waals surface area contributed by atoms with Crippen molar-refractivity contribution in [3.05, 3.63) is 16.1 Å². The fourth-order valence-corrected chi connectivity index (χ4v) is 2.28. The van der Waals surface area contributed by atoms with Crippen LogP contribution >= 0.6 is 11.3 Å². The van der Waals surface area contributed by atoms with E-state index in [1.165, 1.54) is 30.6 Å². The molecule has 1 heterocycles. The van der Waals surface area contributed by atoms with E-state index in [-0.39, 0.29) is 5.78 Å². The van der Waals surface area contributed by atoms with Gasteiger partial charge in [-0.1, -0.05) is 19.3 Å². The van der Waals surface area contributed by atoms with Crippen LogP contribution in [0.15, 0.2) is 6.20 Å². The second-order valence-corrected chi connectivity index (χ2v) is 4.90. The molecule has 0 radical (unpaired) electrons. The van der Waals surface area contributed by atoms with Gasteiger partial charge in [0.2, 0.25) is 0 Å². The first kappa shape index (κ1) is 8.88. The molecule has 3 heteroatoms. The molecular weight excluding hydrogens is 182 g/mol. The molecule has 0 unspecified atom stereocenters. The van der Waals surface area contributed by atoms with Gasteiger partial charge in [0.15, 0.2) is 5.78 Å². The van der Waals surface area contributed by atoms with Crippen LogP contribution in [0.3, 0.4) is 0 Å². The summed E-state index contributed by atoms with van der Waals surface area (Å²) in [5, 5.41) is 0.983. The lowest BCUT2D eigenvalue weighted by Crippen LogP contribution is -2.15. The first-order chi connectivity index (χ1) is 6.25. The smallest absolute Gasteiger partial charge is 0.174 e. The Balaban J connectivity index is 1.96. The van der Waals surface area contributed by atoms with Crippen molar-refractivity contribution < 1.29 is 4.79 Å². The fourth-order valence-electron chi connectivity index (χ4n) is 1.55. The van der Waals surface area contributed by atoms with Gasteiger partial charge in [0.05, 0.1) is 9.88 Å². The zero-order chi connectivity index (χ0) is 9.26. The van der Waals surface area contributed by atoms with Crippen molar-refractivity contribution >= 4 is 17.1 Å². The van der Waals surface area contributed by atoms with Crippen molar-refractivity contribution in [3.8, 4) is 0 Å². The quantitative estimate of drug-likeness (QED) is 0.694. The van der Waals surface area contributed by atoms with E-state index < -0.39 is 0 Å². The van der Waals surface area contributed by atoms with Crippen molar-refractivity contribution in [2.75, 3.05) is 0 Å². The van der Waals surface area contributed by atoms with Crippen LogP contribution in [-0.4, -0.2) is 10.8 Å². The average molecular weight is 195 g/mol. The van der Waals surface area contributed by atoms with E-state index in [1.807, 2.05) is 6.92 Å². The van der Waals surface area contributed by atoms with Crippen molar-refractivity contribution in [2.45, 2.75) is 32.6 Å². The van der Waals surface area contributed by atoms with Gasteiger partial charge >= 0.3 is 0 Å². The number of hydrogen-bond donors (Lipinski definition) is 0. The maximum atomic E-state index is 11.6. The molecule has 2 rings (SSSR count). The molecule has 0 bridgehead atoms. The van der Waals surface area contributed by atoms with Crippen LogP contribution in [0, 0.1) is 12.8 Å². The Labute approximate surface area is 82.0 Å². The number of rotatable bonds is 3. The standard InChI is InChI=1S/C10H13NOS/c1-7-11-6-10(13-7)9(12)5-8-3-2-4-8/h6,8H,2-5H2,1H3. The van der Waals surface area contributed by atoms with Gasteiger partial charge in [0.1, 0.15) is 0 Å². The van der Waals surface area contributed by atoms with Gasteiger partial charge in [0, 0.05) is 12.6 Å². The van der Waals surface area contributed by atoms with Crippen LogP contribution in [0.5, 0.6) is 0 Å². The fraction of sp³-hybridized carbons (Fsp3) is 0.600. The van der Waals surface area contributed by atoms with E-state index in [0.717, 1.165) is 16.3 Å². The predicted molar refractivity (Wildman–Crippen MR) is 53.1 cm³/mol. The van der Waals surface area contributed by atoms with Gasteiger partial charge in [0.25, 0.3) is 0 Å². The van der Waals surface area contributed by atoms with Gasteiger partial charge in [-0.3, -0.25) is 4.79 Å². The van der Waals surface area contributed by atoms with Gasteiger partial charge in [-0.15, -0.1) is 11.3 Å². The Morgan fingerprint density at radius 1 is 1.69 bits per heavy atom. The zero-order valence-corrected chi connectivity index (χ0v) is 8.56. The Bertz CT molecular complexity index is 314. The molecule has 0 spiro atoms. The normalized spacial score (nSPS) is 17.0. The molecule has 0 saturated heterocycles. The van der Waals surface area contributed by atoms with Gasteiger partial charge in [-0.2, -0.15) is 0 Å². The summed E-state index contributed by atoms with van der Waals surface area (Å²) in [6.45, 7) is 1.94. The molecule has 1 saturated carbocycles. The van der Waals surface area contributed by atoms with Crippen LogP contribution in [0.1, 0.15) is 40.4 Å². The lowest BCUT2D eigenvalue weighted by Gasteiger charge is -2.23. The number of carbonyl (C=O) groups excluding carboxylic acids is 1. The molecule has 70 valence electrons. The Kier molecular flexibility index (Phi) is 2.44. The van der Waals surface area contributed by atoms with E-state index >= 15 is 0 Å². The third-order valence-electron chi connectivity index (χ3n) is 2.59. The molecule has 1 aliphatic rings. The Hall–Kier alpha value is -0.700. The van der Waals surface area contributed by atoms with E-state index in [4.69, 9.17) is 0 Å². The minimum atomic E-state index is 0.287. The zero-order valence-electron chi connectivity index (χ0n) is 7.75. The Morgan fingerprint density at radius 3 is 2.92 bits per heavy atom. The lowest BCUT2D eigenvalue weighted by atomic mass is 9.82. The van der Waals surface area contributed by atoms with E-state index in [2.05, 4.69) is 4.98 Å². The van der Waals surface area contributed by atoms with Crippen LogP contribution in [0.4, 0.5) is 0 Å². The summed E-state index contributed by atoms with van der Waals surface area (Å²) in [5.41, 5.74) is 0. The summed E-state index contributed by atoms with van der Waals surface area (Å²) in [6, 6.07) is 0. The number of hydrogen-bond acceptors (Lipinski definition) is 3. The molecule has 1 aromatic heterocycles. The van der Waals surface area contributed by atoms with E-state index in [9.17, 15) is 4.79 Å². The van der Waals surface area contributed by atoms with Crippen molar-refractivity contribution in [3.63, 3.8) is 0 Å². The average Bonchev–Trinajstić information content (AvgIpc) is 2.44. The number of carbonyl (C=O) groups is 1. The summed E-state index contributed by atoms with van der Waals surface area (Å²) in [4.78, 5) is 16.6. The minimum absolute atomic E-state index is 0.287. The monoisotopic (exact) mass is 195 g/mol. The number of aromatic nitrogens is 1. The summed E-state index contributed by atoms with van der Waals surface area (Å²) >= 11 is 1.51. The molecule has 0 aromatic carbocycles. The summed E-state index contributed by atoms with van der Waals surface area (Å²) < 4.78 is 0. The number of nitrogens with zero attached hydrogens (tertiary/aromatic N) is 1. The van der Waals surface area contributed by atoms with Crippen LogP contribution < -0.4 is 0 Å². The van der Waals surface area contributed by atoms with Gasteiger partial charge in [-0.05, 0) is 12.8 Å². The lowest BCUT2D eigenvalue weighted by molar-refractivity contribution is 0.0940. The number of aryl methyl sites for hydroxylation is 1. The highest BCUT2D eigenvalue weighted by Gasteiger charge is 2.22. The third-order valence-corrected chi connectivity index (χ3v) is 3.55. The number of thiazole rings is 1. The van der Waals surface area contributed by atoms with E-state index in [0.29, 0.717) is 5.92 Å². The molecular formula is C10H13NOS. The first-order valence-electron chi connectivity index (χ1n) is 4.71. The van der Waals surface area contributed by atoms with E-state index in [1.54, 1.807) is 6.20 Å². The minimum Gasteiger partial charge on any atom is -0.293 e. The van der Waals surface area contributed by atoms with Crippen molar-refractivity contribution in [2.24, 2.45) is 5.92 Å². The largest absolute Gasteiger partial charge is 0.293 e. The molecule has 1 aromatic rings. The number of ketones is 1. The molecule has 0 aliphatic heterocycles. The van der Waals surface area contributed by atoms with Crippen molar-refractivity contribution in [1.29, 1.82) is 0 Å². The maximum absolute atomic E-state index is 11.6. The van der Waals surface area contributed by atoms with Crippen molar-refractivity contribution in [1.82, 2.24) is 4.98 Å². The Morgan fingerprint density at radius 2 is 2.46 bits per heavy atom. The highest BCUT2D eigenvalue weighted by molar-refractivity contribution is 7.13. The highest BCUT2D eigenvalue weighted by atomic mass is 32.1. The number of Topliss-reactive ketones (excluding diaryl/α,β-unsaturated/α-hetero) is 1. The summed E-state index contributed by atoms with van der Waals surface area (Å²) in [6.07, 6.45) is 6.23. The molecule has 1 aliphatic carbocycles. The molecule has 2 nitrogen and oxygen atoms in total. The van der Waals surface area contributed by atoms with Crippen LogP contribution in [-0.2, 0) is 0 Å². The second kappa shape index (κ2) is 3.58. The van der Waals surface area contributed by atoms with Crippen LogP contribution in [0.25, 0.3) is 0 Å². The first-order valence-corrected chi connectivity index (χ1v) is 5.53. The topological polar surface area (TPSA) is 30.0 Å². The SMILES string of the molecule is Cc1ncc(C(=O)CC2CCC2)s1. The van der Waals surface area contributed by atoms with Crippen LogP contribution in [0.2, 0.25) is 0 Å².